The van der Waals surface area contributed by atoms with E-state index in [9.17, 15) is 0 Å². The maximum Gasteiger partial charge on any atom is -0.00316 e. The number of hydrogen-bond donors (Lipinski definition) is 0. The number of fused-ring (bicyclic) bond motifs is 8. The van der Waals surface area contributed by atoms with Gasteiger partial charge in [-0.1, -0.05) is 101 Å². The van der Waals surface area contributed by atoms with Crippen LogP contribution in [0.2, 0.25) is 0 Å². The summed E-state index contributed by atoms with van der Waals surface area (Å²) in [5.74, 6) is 1.04. The van der Waals surface area contributed by atoms with Crippen LogP contribution >= 0.6 is 0 Å². The quantitative estimate of drug-likeness (QED) is 0.267. The molecule has 0 spiro atoms. The Morgan fingerprint density at radius 2 is 0.833 bits per heavy atom. The molecule has 0 radical (unpaired) electrons. The van der Waals surface area contributed by atoms with Gasteiger partial charge in [0.25, 0.3) is 0 Å². The number of rotatable bonds is 0. The molecule has 0 bridgehead atoms. The second-order valence-corrected chi connectivity index (χ2v) is 10.3. The summed E-state index contributed by atoms with van der Waals surface area (Å²) in [5, 5.41) is 8.22. The van der Waals surface area contributed by atoms with E-state index in [1.807, 2.05) is 0 Å². The van der Waals surface area contributed by atoms with Crippen molar-refractivity contribution in [3.05, 3.63) is 96.1 Å². The molecule has 6 rings (SSSR count). The third-order valence-corrected chi connectivity index (χ3v) is 8.07. The zero-order valence-corrected chi connectivity index (χ0v) is 18.2. The first kappa shape index (κ1) is 18.0. The van der Waals surface area contributed by atoms with Gasteiger partial charge in [-0.2, -0.15) is 0 Å². The minimum Gasteiger partial charge on any atom is -0.0799 e. The summed E-state index contributed by atoms with van der Waals surface area (Å²) < 4.78 is 0. The predicted octanol–water partition coefficient (Wildman–Crippen LogP) is 8.07. The average molecular weight is 389 g/mol. The summed E-state index contributed by atoms with van der Waals surface area (Å²) in [5.41, 5.74) is 3.22. The summed E-state index contributed by atoms with van der Waals surface area (Å²) in [6.45, 7) is 9.77. The molecule has 0 saturated heterocycles. The molecule has 2 aliphatic carbocycles. The van der Waals surface area contributed by atoms with E-state index in [0.717, 1.165) is 0 Å². The average Bonchev–Trinajstić information content (AvgIpc) is 2.77. The number of hydrogen-bond acceptors (Lipinski definition) is 0. The fourth-order valence-corrected chi connectivity index (χ4v) is 6.36. The molecule has 2 atom stereocenters. The van der Waals surface area contributed by atoms with Crippen molar-refractivity contribution in [1.29, 1.82) is 0 Å². The van der Waals surface area contributed by atoms with Crippen LogP contribution in [-0.4, -0.2) is 0 Å². The second kappa shape index (κ2) is 5.85. The van der Waals surface area contributed by atoms with E-state index in [0.29, 0.717) is 11.8 Å². The molecule has 0 aliphatic heterocycles. The fraction of sp³-hybridized carbons (Fsp3) is 0.267. The molecule has 0 saturated carbocycles. The molecular formula is C30H28. The van der Waals surface area contributed by atoms with Crippen molar-refractivity contribution in [2.24, 2.45) is 11.8 Å². The Hall–Kier alpha value is -2.86. The minimum atomic E-state index is 0.0950. The first-order valence-corrected chi connectivity index (χ1v) is 11.1. The summed E-state index contributed by atoms with van der Waals surface area (Å²) in [4.78, 5) is 0. The molecule has 4 aromatic rings. The van der Waals surface area contributed by atoms with Crippen LogP contribution in [0.25, 0.3) is 32.3 Å². The smallest absolute Gasteiger partial charge is 0.00316 e. The topological polar surface area (TPSA) is 0 Å². The van der Waals surface area contributed by atoms with Crippen LogP contribution in [0.15, 0.2) is 85.0 Å². The second-order valence-electron chi connectivity index (χ2n) is 10.3. The molecule has 0 nitrogen and oxygen atoms in total. The molecule has 148 valence electrons. The van der Waals surface area contributed by atoms with Gasteiger partial charge in [0, 0.05) is 0 Å². The molecule has 0 heteroatoms. The number of benzene rings is 4. The van der Waals surface area contributed by atoms with E-state index in [-0.39, 0.29) is 10.8 Å². The number of allylic oxidation sites excluding steroid dienone is 4. The lowest BCUT2D eigenvalue weighted by Gasteiger charge is -2.52. The van der Waals surface area contributed by atoms with Gasteiger partial charge in [-0.3, -0.25) is 0 Å². The zero-order chi connectivity index (χ0) is 20.7. The van der Waals surface area contributed by atoms with Crippen LogP contribution in [0.1, 0.15) is 38.8 Å². The molecule has 30 heavy (non-hydrogen) atoms. The Balaban J connectivity index is 1.81. The van der Waals surface area contributed by atoms with E-state index in [2.05, 4.69) is 113 Å². The van der Waals surface area contributed by atoms with Gasteiger partial charge in [-0.25, -0.2) is 0 Å². The van der Waals surface area contributed by atoms with Crippen molar-refractivity contribution in [1.82, 2.24) is 0 Å². The zero-order valence-electron chi connectivity index (χ0n) is 18.2. The van der Waals surface area contributed by atoms with Crippen molar-refractivity contribution in [3.63, 3.8) is 0 Å². The molecule has 0 N–H and O–H groups in total. The van der Waals surface area contributed by atoms with Crippen LogP contribution in [-0.2, 0) is 10.8 Å². The van der Waals surface area contributed by atoms with Crippen LogP contribution in [0, 0.1) is 11.8 Å². The van der Waals surface area contributed by atoms with Gasteiger partial charge in [-0.15, -0.1) is 0 Å². The molecule has 2 aliphatic rings. The van der Waals surface area contributed by atoms with E-state index in [1.165, 1.54) is 43.4 Å². The SMILES string of the molecule is CC1(C)c2cc3c4ccccc4c4ccccc4c3cc2C(C)(C)C2C=CC=CC21. The van der Waals surface area contributed by atoms with E-state index in [4.69, 9.17) is 0 Å². The van der Waals surface area contributed by atoms with Crippen LogP contribution in [0.5, 0.6) is 0 Å². The first-order chi connectivity index (χ1) is 14.4. The van der Waals surface area contributed by atoms with E-state index >= 15 is 0 Å². The monoisotopic (exact) mass is 388 g/mol. The molecule has 0 heterocycles. The van der Waals surface area contributed by atoms with Gasteiger partial charge in [0.1, 0.15) is 0 Å². The highest BCUT2D eigenvalue weighted by atomic mass is 14.5. The lowest BCUT2D eigenvalue weighted by atomic mass is 9.51. The normalized spacial score (nSPS) is 23.6. The highest BCUT2D eigenvalue weighted by Gasteiger charge is 2.49. The summed E-state index contributed by atoms with van der Waals surface area (Å²) in [6.07, 6.45) is 9.37. The van der Waals surface area contributed by atoms with Gasteiger partial charge in [0.15, 0.2) is 0 Å². The van der Waals surface area contributed by atoms with Gasteiger partial charge >= 0.3 is 0 Å². The van der Waals surface area contributed by atoms with Crippen LogP contribution < -0.4 is 0 Å². The third kappa shape index (κ3) is 2.17. The predicted molar refractivity (Wildman–Crippen MR) is 130 cm³/mol. The Kier molecular flexibility index (Phi) is 3.50. The third-order valence-electron chi connectivity index (χ3n) is 8.07. The lowest BCUT2D eigenvalue weighted by molar-refractivity contribution is 0.190. The summed E-state index contributed by atoms with van der Waals surface area (Å²) >= 11 is 0. The highest BCUT2D eigenvalue weighted by molar-refractivity contribution is 6.25. The molecule has 2 unspecified atom stereocenters. The van der Waals surface area contributed by atoms with Gasteiger partial charge < -0.3 is 0 Å². The van der Waals surface area contributed by atoms with E-state index in [1.54, 1.807) is 0 Å². The van der Waals surface area contributed by atoms with Crippen molar-refractivity contribution in [2.45, 2.75) is 38.5 Å². The molecule has 0 aromatic heterocycles. The fourth-order valence-electron chi connectivity index (χ4n) is 6.36. The van der Waals surface area contributed by atoms with Crippen molar-refractivity contribution in [2.75, 3.05) is 0 Å². The minimum absolute atomic E-state index is 0.0950. The first-order valence-electron chi connectivity index (χ1n) is 11.1. The highest BCUT2D eigenvalue weighted by Crippen LogP contribution is 2.56. The largest absolute Gasteiger partial charge is 0.0799 e. The Labute approximate surface area is 178 Å². The molecular weight excluding hydrogens is 360 g/mol. The lowest BCUT2D eigenvalue weighted by Crippen LogP contribution is -2.48. The standard InChI is InChI=1S/C30H28/c1-29(2)25-15-9-10-16-26(25)30(3,4)28-18-24-22-14-8-6-12-20(22)19-11-5-7-13-21(19)23(24)17-27(28)29/h5-18,25-26H,1-4H3. The van der Waals surface area contributed by atoms with Crippen molar-refractivity contribution in [3.8, 4) is 0 Å². The summed E-state index contributed by atoms with van der Waals surface area (Å²) in [6, 6.07) is 22.9. The van der Waals surface area contributed by atoms with Crippen molar-refractivity contribution >= 4 is 32.3 Å². The molecule has 0 amide bonds. The van der Waals surface area contributed by atoms with Crippen LogP contribution in [0.4, 0.5) is 0 Å². The van der Waals surface area contributed by atoms with Crippen LogP contribution in [0.3, 0.4) is 0 Å². The Morgan fingerprint density at radius 1 is 0.500 bits per heavy atom. The maximum atomic E-state index is 2.53. The van der Waals surface area contributed by atoms with Gasteiger partial charge in [-0.05, 0) is 78.2 Å². The van der Waals surface area contributed by atoms with Gasteiger partial charge in [0.2, 0.25) is 0 Å². The Bertz CT molecular complexity index is 1290. The Morgan fingerprint density at radius 3 is 1.20 bits per heavy atom. The maximum absolute atomic E-state index is 2.53. The molecule has 0 fully saturated rings. The van der Waals surface area contributed by atoms with Crippen molar-refractivity contribution < 1.29 is 0 Å². The van der Waals surface area contributed by atoms with Gasteiger partial charge in [0.05, 0.1) is 0 Å². The molecule has 4 aromatic carbocycles. The van der Waals surface area contributed by atoms with E-state index < -0.39 is 0 Å². The summed E-state index contributed by atoms with van der Waals surface area (Å²) in [7, 11) is 0.